The molecule has 0 spiro atoms. The molecule has 69 heavy (non-hydrogen) atoms. The van der Waals surface area contributed by atoms with E-state index in [9.17, 15) is 24.0 Å². The summed E-state index contributed by atoms with van der Waals surface area (Å²) in [5, 5.41) is 16.3. The van der Waals surface area contributed by atoms with Gasteiger partial charge in [0.15, 0.2) is 11.6 Å². The molecule has 3 aliphatic rings. The highest BCUT2D eigenvalue weighted by Gasteiger charge is 2.45. The van der Waals surface area contributed by atoms with Gasteiger partial charge in [-0.15, -0.1) is 32.9 Å². The van der Waals surface area contributed by atoms with Crippen molar-refractivity contribution in [1.29, 1.82) is 0 Å². The molecule has 6 heterocycles. The van der Waals surface area contributed by atoms with E-state index in [4.69, 9.17) is 26.1 Å². The van der Waals surface area contributed by atoms with E-state index >= 15 is 0 Å². The van der Waals surface area contributed by atoms with Crippen LogP contribution in [-0.2, 0) is 33.4 Å². The number of hydrogen-bond donors (Lipinski definition) is 2. The third-order valence-electron chi connectivity index (χ3n) is 12.9. The van der Waals surface area contributed by atoms with Crippen LogP contribution in [0.25, 0.3) is 15.4 Å². The molecule has 8 rings (SSSR count). The predicted octanol–water partition coefficient (Wildman–Crippen LogP) is 6.83. The molecular formula is C50H58ClN9O7S2. The molecule has 0 aliphatic carbocycles. The second-order valence-electron chi connectivity index (χ2n) is 19.0. The van der Waals surface area contributed by atoms with Crippen LogP contribution < -0.4 is 10.6 Å². The molecule has 5 aromatic rings. The zero-order chi connectivity index (χ0) is 49.3. The Hall–Kier alpha value is -5.66. The number of carbonyl (C=O) groups excluding carboxylic acids is 5. The van der Waals surface area contributed by atoms with E-state index in [1.807, 2.05) is 100 Å². The van der Waals surface area contributed by atoms with Crippen molar-refractivity contribution in [2.75, 3.05) is 39.5 Å². The van der Waals surface area contributed by atoms with Gasteiger partial charge >= 0.3 is 0 Å². The van der Waals surface area contributed by atoms with Crippen LogP contribution in [-0.4, -0.2) is 122 Å². The van der Waals surface area contributed by atoms with Crippen molar-refractivity contribution in [3.63, 3.8) is 0 Å². The Morgan fingerprint density at radius 2 is 1.65 bits per heavy atom. The summed E-state index contributed by atoms with van der Waals surface area (Å²) in [6.07, 6.45) is 0.367. The molecule has 2 fully saturated rings. The molecule has 16 nitrogen and oxygen atoms in total. The number of ketones is 1. The Morgan fingerprint density at radius 1 is 0.942 bits per heavy atom. The summed E-state index contributed by atoms with van der Waals surface area (Å²) in [5.41, 5.74) is 7.74. The number of thiazole rings is 1. The van der Waals surface area contributed by atoms with E-state index in [1.165, 1.54) is 9.78 Å². The minimum absolute atomic E-state index is 0.0595. The van der Waals surface area contributed by atoms with Gasteiger partial charge in [0.05, 0.1) is 46.9 Å². The van der Waals surface area contributed by atoms with Crippen molar-refractivity contribution in [3.8, 4) is 15.4 Å². The quantitative estimate of drug-likeness (QED) is 0.0992. The first-order valence-corrected chi connectivity index (χ1v) is 25.2. The normalized spacial score (nSPS) is 17.9. The lowest BCUT2D eigenvalue weighted by molar-refractivity contribution is -0.146. The second kappa shape index (κ2) is 20.7. The van der Waals surface area contributed by atoms with E-state index in [-0.39, 0.29) is 56.4 Å². The van der Waals surface area contributed by atoms with Crippen molar-refractivity contribution in [1.82, 2.24) is 40.2 Å². The van der Waals surface area contributed by atoms with Crippen molar-refractivity contribution in [2.24, 2.45) is 10.4 Å². The van der Waals surface area contributed by atoms with Gasteiger partial charge in [0.1, 0.15) is 35.6 Å². The lowest BCUT2D eigenvalue weighted by Gasteiger charge is -2.39. The highest BCUT2D eigenvalue weighted by Crippen LogP contribution is 2.40. The number of aliphatic imine (C=N–C) groups is 1. The number of aromatic nitrogens is 4. The van der Waals surface area contributed by atoms with Gasteiger partial charge < -0.3 is 29.9 Å². The van der Waals surface area contributed by atoms with E-state index in [0.717, 1.165) is 54.9 Å². The largest absolute Gasteiger partial charge is 0.374 e. The molecule has 19 heteroatoms. The molecule has 2 aromatic carbocycles. The van der Waals surface area contributed by atoms with Crippen LogP contribution in [0.4, 0.5) is 0 Å². The lowest BCUT2D eigenvalue weighted by Crippen LogP contribution is -2.58. The number of fused-ring (bicyclic) bond motifs is 3. The molecular weight excluding hydrogens is 938 g/mol. The topological polar surface area (TPSA) is 190 Å². The van der Waals surface area contributed by atoms with Gasteiger partial charge in [-0.25, -0.2) is 4.98 Å². The summed E-state index contributed by atoms with van der Waals surface area (Å²) in [7, 11) is 0. The summed E-state index contributed by atoms with van der Waals surface area (Å²) in [4.78, 5) is 82.2. The van der Waals surface area contributed by atoms with Crippen LogP contribution in [0.2, 0.25) is 5.02 Å². The molecule has 2 saturated heterocycles. The number of amides is 4. The monoisotopic (exact) mass is 995 g/mol. The minimum Gasteiger partial charge on any atom is -0.374 e. The van der Waals surface area contributed by atoms with Gasteiger partial charge in [-0.3, -0.25) is 33.5 Å². The summed E-state index contributed by atoms with van der Waals surface area (Å²) in [5.74, 6) is -0.387. The maximum Gasteiger partial charge on any atom is 0.246 e. The predicted molar refractivity (Wildman–Crippen MR) is 265 cm³/mol. The fourth-order valence-corrected chi connectivity index (χ4v) is 11.0. The number of aryl methyl sites for hydroxylation is 3. The smallest absolute Gasteiger partial charge is 0.246 e. The number of Topliss-reactive ketones (excluding diaryl/α,β-unsaturated/α-hetero) is 1. The number of benzene rings is 2. The third-order valence-corrected chi connectivity index (χ3v) is 15.3. The highest BCUT2D eigenvalue weighted by atomic mass is 35.5. The molecule has 4 amide bonds. The Bertz CT molecular complexity index is 2770. The van der Waals surface area contributed by atoms with E-state index in [1.54, 1.807) is 27.6 Å². The van der Waals surface area contributed by atoms with Crippen LogP contribution in [0.3, 0.4) is 0 Å². The van der Waals surface area contributed by atoms with Crippen molar-refractivity contribution >= 4 is 69.4 Å². The van der Waals surface area contributed by atoms with Crippen LogP contribution in [0.5, 0.6) is 0 Å². The van der Waals surface area contributed by atoms with Gasteiger partial charge in [0, 0.05) is 53.8 Å². The van der Waals surface area contributed by atoms with E-state index < -0.39 is 41.3 Å². The van der Waals surface area contributed by atoms with E-state index in [0.29, 0.717) is 37.0 Å². The van der Waals surface area contributed by atoms with Gasteiger partial charge in [0.25, 0.3) is 0 Å². The lowest BCUT2D eigenvalue weighted by atomic mass is 9.85. The molecule has 0 bridgehead atoms. The molecule has 4 atom stereocenters. The number of rotatable bonds is 16. The van der Waals surface area contributed by atoms with Gasteiger partial charge in [0.2, 0.25) is 23.6 Å². The summed E-state index contributed by atoms with van der Waals surface area (Å²) >= 11 is 9.48. The first-order valence-electron chi connectivity index (χ1n) is 23.1. The number of thiophene rings is 1. The zero-order valence-corrected chi connectivity index (χ0v) is 42.5. The highest BCUT2D eigenvalue weighted by molar-refractivity contribution is 7.15. The maximum atomic E-state index is 14.1. The zero-order valence-electron chi connectivity index (χ0n) is 40.1. The minimum atomic E-state index is -1.02. The molecule has 3 aliphatic heterocycles. The van der Waals surface area contributed by atoms with Crippen LogP contribution >= 0.6 is 34.3 Å². The second-order valence-corrected chi connectivity index (χ2v) is 21.5. The summed E-state index contributed by atoms with van der Waals surface area (Å²) < 4.78 is 13.7. The average molecular weight is 997 g/mol. The number of nitrogens with one attached hydrogen (secondary N) is 2. The molecule has 0 radical (unpaired) electrons. The fourth-order valence-electron chi connectivity index (χ4n) is 8.82. The molecule has 0 saturated carbocycles. The van der Waals surface area contributed by atoms with Crippen molar-refractivity contribution < 1.29 is 33.4 Å². The average Bonchev–Trinajstić information content (AvgIpc) is 4.06. The van der Waals surface area contributed by atoms with Gasteiger partial charge in [-0.1, -0.05) is 68.8 Å². The molecule has 0 unspecified atom stereocenters. The Morgan fingerprint density at radius 3 is 2.33 bits per heavy atom. The molecule has 364 valence electrons. The number of nitrogens with zero attached hydrogens (tertiary/aromatic N) is 7. The third kappa shape index (κ3) is 10.9. The van der Waals surface area contributed by atoms with Gasteiger partial charge in [-0.2, -0.15) is 0 Å². The Kier molecular flexibility index (Phi) is 15.0. The van der Waals surface area contributed by atoms with Crippen LogP contribution in [0.15, 0.2) is 59.0 Å². The van der Waals surface area contributed by atoms with E-state index in [2.05, 4.69) is 39.7 Å². The van der Waals surface area contributed by atoms with Crippen LogP contribution in [0, 0.1) is 33.1 Å². The van der Waals surface area contributed by atoms with Crippen molar-refractivity contribution in [2.45, 2.75) is 105 Å². The number of carbonyl (C=O) groups is 5. The first kappa shape index (κ1) is 49.8. The number of likely N-dealkylation sites (tertiary alicyclic amines) is 2. The first-order chi connectivity index (χ1) is 32.9. The molecule has 3 aromatic heterocycles. The van der Waals surface area contributed by atoms with Crippen LogP contribution in [0.1, 0.15) is 104 Å². The Balaban J connectivity index is 0.783. The SMILES string of the molecule is Cc1ncsc1-c1ccc([C@H](C)NC(=O)[C@@H]2CC(=O)CN2C(=O)[C@@H](NC(=O)COCCCOC2CN(C(=O)C[C@@H]3N=C(c4ccc(Cl)cc4)c4c(sc(C)c4C)-n4c(C)nnc43)C2)C(C)(C)C)cc1. The summed E-state index contributed by atoms with van der Waals surface area (Å²) in [6.45, 7) is 16.3. The molecule has 2 N–H and O–H groups in total. The standard InChI is InChI=1S/C50H58ClN9O7S2/c1-27-30(4)69-49-42(27)43(33-14-16-35(51)17-15-33)54-38(46-57-56-31(5)60(46)49)21-41(63)58-23-37(24-58)67-19-9-18-66-25-40(62)55-45(50(6,7)8)48(65)59-22-36(61)20-39(59)47(64)53-28(2)32-10-12-34(13-11-32)44-29(3)52-26-68-44/h10-17,26,28,37-39,45H,9,18-25H2,1-8H3,(H,53,64)(H,55,62)/t28-,38-,39-,45+/m0/s1. The fraction of sp³-hybridized carbons (Fsp3) is 0.460. The Labute approximate surface area is 414 Å². The number of ether oxygens (including phenoxy) is 2. The number of halogens is 1. The van der Waals surface area contributed by atoms with Gasteiger partial charge in [-0.05, 0) is 75.3 Å². The summed E-state index contributed by atoms with van der Waals surface area (Å²) in [6, 6.07) is 12.5. The van der Waals surface area contributed by atoms with Crippen molar-refractivity contribution in [3.05, 3.63) is 104 Å². The number of hydrogen-bond acceptors (Lipinski definition) is 13. The maximum absolute atomic E-state index is 14.1.